The second kappa shape index (κ2) is 12.1. The van der Waals surface area contributed by atoms with Crippen LogP contribution >= 0.6 is 0 Å². The molecule has 202 valence electrons. The quantitative estimate of drug-likeness (QED) is 0.269. The van der Waals surface area contributed by atoms with Crippen molar-refractivity contribution in [3.8, 4) is 11.8 Å². The van der Waals surface area contributed by atoms with Crippen LogP contribution in [0.1, 0.15) is 65.0 Å². The highest BCUT2D eigenvalue weighted by atomic mass is 19.4. The van der Waals surface area contributed by atoms with Crippen molar-refractivity contribution in [2.45, 2.75) is 46.3 Å². The molecule has 0 bridgehead atoms. The van der Waals surface area contributed by atoms with Gasteiger partial charge in [0.1, 0.15) is 5.69 Å². The molecule has 1 amide bonds. The molecule has 0 spiro atoms. The lowest BCUT2D eigenvalue weighted by molar-refractivity contribution is -0.138. The molecule has 0 fully saturated rings. The maximum Gasteiger partial charge on any atom is 0.416 e. The molecule has 0 saturated heterocycles. The average Bonchev–Trinajstić information content (AvgIpc) is 3.32. The summed E-state index contributed by atoms with van der Waals surface area (Å²) < 4.78 is 43.5. The van der Waals surface area contributed by atoms with Crippen LogP contribution in [-0.4, -0.2) is 38.5 Å². The molecule has 6 nitrogen and oxygen atoms in total. The van der Waals surface area contributed by atoms with Crippen molar-refractivity contribution >= 4 is 17.2 Å². The number of carbonyl (C=O) groups excluding carboxylic acids is 1. The number of halogens is 3. The van der Waals surface area contributed by atoms with Gasteiger partial charge in [0, 0.05) is 29.6 Å². The summed E-state index contributed by atoms with van der Waals surface area (Å²) in [5.41, 5.74) is 2.55. The Kier molecular flexibility index (Phi) is 8.67. The molecule has 0 aliphatic heterocycles. The molecule has 0 radical (unpaired) electrons. The normalized spacial score (nSPS) is 11.5. The molecule has 4 aromatic rings. The third kappa shape index (κ3) is 6.84. The van der Waals surface area contributed by atoms with E-state index in [0.717, 1.165) is 37.6 Å². The summed E-state index contributed by atoms with van der Waals surface area (Å²) >= 11 is 0. The second-order valence-electron chi connectivity index (χ2n) is 9.32. The maximum absolute atomic E-state index is 13.9. The van der Waals surface area contributed by atoms with Crippen LogP contribution in [0.3, 0.4) is 0 Å². The number of fused-ring (bicyclic) bond motifs is 1. The van der Waals surface area contributed by atoms with Gasteiger partial charge < -0.3 is 5.32 Å². The van der Waals surface area contributed by atoms with E-state index in [1.165, 1.54) is 12.1 Å². The van der Waals surface area contributed by atoms with Gasteiger partial charge in [-0.05, 0) is 86.3 Å². The minimum absolute atomic E-state index is 0.0821. The topological polar surface area (TPSA) is 62.5 Å². The van der Waals surface area contributed by atoms with Crippen molar-refractivity contribution in [1.29, 1.82) is 0 Å². The SMILES string of the molecule is CCCN(CCC)Cc1ccc(NC(=O)c2ccc(C)c(C#Cc3cnc4cccnn34)c2)cc1C(F)(F)F. The highest BCUT2D eigenvalue weighted by molar-refractivity contribution is 6.04. The summed E-state index contributed by atoms with van der Waals surface area (Å²) in [6.45, 7) is 7.52. The van der Waals surface area contributed by atoms with Gasteiger partial charge in [0.25, 0.3) is 5.91 Å². The predicted octanol–water partition coefficient (Wildman–Crippen LogP) is 6.33. The number of amides is 1. The van der Waals surface area contributed by atoms with E-state index in [2.05, 4.69) is 27.2 Å². The van der Waals surface area contributed by atoms with E-state index in [4.69, 9.17) is 0 Å². The number of alkyl halides is 3. The number of aryl methyl sites for hydroxylation is 1. The Bertz CT molecular complexity index is 1530. The number of hydrogen-bond acceptors (Lipinski definition) is 4. The van der Waals surface area contributed by atoms with Gasteiger partial charge in [0.2, 0.25) is 0 Å². The smallest absolute Gasteiger partial charge is 0.322 e. The van der Waals surface area contributed by atoms with Crippen molar-refractivity contribution in [2.24, 2.45) is 0 Å². The monoisotopic (exact) mass is 533 g/mol. The second-order valence-corrected chi connectivity index (χ2v) is 9.32. The minimum atomic E-state index is -4.54. The standard InChI is InChI=1S/C30H30F3N5O/c1-4-15-37(16-5-2)20-24-10-12-25(18-27(24)30(31,32)33)36-29(39)23-9-8-21(3)22(17-23)11-13-26-19-34-28-7-6-14-35-38(26)28/h6-10,12,14,17-19H,4-5,15-16,20H2,1-3H3,(H,36,39). The summed E-state index contributed by atoms with van der Waals surface area (Å²) in [5.74, 6) is 5.57. The first-order valence-corrected chi connectivity index (χ1v) is 12.8. The Morgan fingerprint density at radius 3 is 2.54 bits per heavy atom. The largest absolute Gasteiger partial charge is 0.416 e. The van der Waals surface area contributed by atoms with E-state index >= 15 is 0 Å². The summed E-state index contributed by atoms with van der Waals surface area (Å²) in [7, 11) is 0. The fourth-order valence-electron chi connectivity index (χ4n) is 4.35. The van der Waals surface area contributed by atoms with Crippen LogP contribution in [0.4, 0.5) is 18.9 Å². The van der Waals surface area contributed by atoms with E-state index in [-0.39, 0.29) is 23.4 Å². The van der Waals surface area contributed by atoms with Crippen LogP contribution in [0.2, 0.25) is 0 Å². The fourth-order valence-corrected chi connectivity index (χ4v) is 4.35. The molecule has 2 heterocycles. The van der Waals surface area contributed by atoms with Crippen molar-refractivity contribution < 1.29 is 18.0 Å². The van der Waals surface area contributed by atoms with Crippen molar-refractivity contribution in [3.63, 3.8) is 0 Å². The van der Waals surface area contributed by atoms with Crippen LogP contribution in [-0.2, 0) is 12.7 Å². The third-order valence-electron chi connectivity index (χ3n) is 6.25. The first-order chi connectivity index (χ1) is 18.7. The zero-order valence-corrected chi connectivity index (χ0v) is 22.1. The number of imidazole rings is 1. The number of anilines is 1. The van der Waals surface area contributed by atoms with Gasteiger partial charge in [-0.25, -0.2) is 9.50 Å². The van der Waals surface area contributed by atoms with Gasteiger partial charge in [-0.1, -0.05) is 31.9 Å². The fraction of sp³-hybridized carbons (Fsp3) is 0.300. The van der Waals surface area contributed by atoms with Gasteiger partial charge >= 0.3 is 6.18 Å². The van der Waals surface area contributed by atoms with Crippen LogP contribution in [0.25, 0.3) is 5.65 Å². The molecule has 1 N–H and O–H groups in total. The summed E-state index contributed by atoms with van der Waals surface area (Å²) in [6.07, 6.45) is 0.425. The molecule has 2 aromatic carbocycles. The molecule has 0 aliphatic carbocycles. The Labute approximate surface area is 225 Å². The summed E-state index contributed by atoms with van der Waals surface area (Å²) in [6, 6.07) is 12.6. The number of hydrogen-bond donors (Lipinski definition) is 1. The first-order valence-electron chi connectivity index (χ1n) is 12.8. The zero-order valence-electron chi connectivity index (χ0n) is 22.1. The van der Waals surface area contributed by atoms with Gasteiger partial charge in [-0.15, -0.1) is 0 Å². The van der Waals surface area contributed by atoms with E-state index < -0.39 is 17.6 Å². The number of nitrogens with zero attached hydrogens (tertiary/aromatic N) is 4. The van der Waals surface area contributed by atoms with Crippen molar-refractivity contribution in [2.75, 3.05) is 18.4 Å². The van der Waals surface area contributed by atoms with Crippen molar-refractivity contribution in [1.82, 2.24) is 19.5 Å². The van der Waals surface area contributed by atoms with E-state index in [9.17, 15) is 18.0 Å². The molecule has 9 heteroatoms. The van der Waals surface area contributed by atoms with Crippen LogP contribution in [0.15, 0.2) is 60.9 Å². The number of benzene rings is 2. The number of rotatable bonds is 8. The molecule has 0 saturated carbocycles. The predicted molar refractivity (Wildman–Crippen MR) is 145 cm³/mol. The Morgan fingerprint density at radius 1 is 1.05 bits per heavy atom. The number of carbonyl (C=O) groups is 1. The van der Waals surface area contributed by atoms with Gasteiger partial charge in [-0.2, -0.15) is 18.3 Å². The highest BCUT2D eigenvalue weighted by Gasteiger charge is 2.34. The minimum Gasteiger partial charge on any atom is -0.322 e. The van der Waals surface area contributed by atoms with E-state index in [0.29, 0.717) is 16.9 Å². The lowest BCUT2D eigenvalue weighted by atomic mass is 10.0. The third-order valence-corrected chi connectivity index (χ3v) is 6.25. The molecule has 39 heavy (non-hydrogen) atoms. The van der Waals surface area contributed by atoms with E-state index in [1.54, 1.807) is 41.2 Å². The van der Waals surface area contributed by atoms with Gasteiger partial charge in [-0.3, -0.25) is 9.69 Å². The lowest BCUT2D eigenvalue weighted by Gasteiger charge is -2.23. The zero-order chi connectivity index (χ0) is 28.0. The summed E-state index contributed by atoms with van der Waals surface area (Å²) in [4.78, 5) is 19.3. The van der Waals surface area contributed by atoms with Gasteiger partial charge in [0.15, 0.2) is 5.65 Å². The highest BCUT2D eigenvalue weighted by Crippen LogP contribution is 2.34. The number of aromatic nitrogens is 3. The Balaban J connectivity index is 1.56. The van der Waals surface area contributed by atoms with Gasteiger partial charge in [0.05, 0.1) is 11.8 Å². The van der Waals surface area contributed by atoms with Crippen LogP contribution in [0, 0.1) is 18.8 Å². The number of nitrogens with one attached hydrogen (secondary N) is 1. The Morgan fingerprint density at radius 2 is 1.82 bits per heavy atom. The molecule has 2 aromatic heterocycles. The molecule has 0 unspecified atom stereocenters. The molecule has 0 atom stereocenters. The van der Waals surface area contributed by atoms with E-state index in [1.807, 2.05) is 31.7 Å². The molecule has 0 aliphatic rings. The average molecular weight is 534 g/mol. The van der Waals surface area contributed by atoms with Crippen LogP contribution in [0.5, 0.6) is 0 Å². The molecular weight excluding hydrogens is 503 g/mol. The molecular formula is C30H30F3N5O. The van der Waals surface area contributed by atoms with Crippen LogP contribution < -0.4 is 5.32 Å². The summed E-state index contributed by atoms with van der Waals surface area (Å²) in [5, 5.41) is 6.85. The van der Waals surface area contributed by atoms with Crippen molar-refractivity contribution in [3.05, 3.63) is 94.4 Å². The lowest BCUT2D eigenvalue weighted by Crippen LogP contribution is -2.26. The Hall–Kier alpha value is -4.16. The molecule has 4 rings (SSSR count). The maximum atomic E-state index is 13.9. The first kappa shape index (κ1) is 27.9.